The summed E-state index contributed by atoms with van der Waals surface area (Å²) < 4.78 is 8.91. The predicted octanol–water partition coefficient (Wildman–Crippen LogP) is 5.49. The van der Waals surface area contributed by atoms with E-state index in [2.05, 4.69) is 53.1 Å². The van der Waals surface area contributed by atoms with Gasteiger partial charge >= 0.3 is 0 Å². The maximum atomic E-state index is 5.99. The maximum Gasteiger partial charge on any atom is 0.141 e. The standard InChI is InChI=1S/C14H12Br3NO/c1-18-8-9-2-3-11(16)7-14(9)19-13-5-4-10(15)6-12(13)17/h2-7,18H,8H2,1H3. The van der Waals surface area contributed by atoms with E-state index < -0.39 is 0 Å². The Morgan fingerprint density at radius 3 is 2.32 bits per heavy atom. The highest BCUT2D eigenvalue weighted by atomic mass is 79.9. The van der Waals surface area contributed by atoms with E-state index in [1.165, 1.54) is 0 Å². The van der Waals surface area contributed by atoms with E-state index in [1.807, 2.05) is 43.4 Å². The second-order valence-corrected chi connectivity index (χ2v) is 6.64. The molecule has 2 rings (SSSR count). The number of benzene rings is 2. The predicted molar refractivity (Wildman–Crippen MR) is 88.8 cm³/mol. The van der Waals surface area contributed by atoms with Crippen molar-refractivity contribution in [3.63, 3.8) is 0 Å². The molecule has 2 aromatic rings. The number of halogens is 3. The molecule has 0 amide bonds. The third kappa shape index (κ3) is 4.05. The van der Waals surface area contributed by atoms with Crippen molar-refractivity contribution >= 4 is 47.8 Å². The summed E-state index contributed by atoms with van der Waals surface area (Å²) in [6.45, 7) is 0.761. The number of hydrogen-bond acceptors (Lipinski definition) is 2. The molecule has 0 aliphatic rings. The topological polar surface area (TPSA) is 21.3 Å². The van der Waals surface area contributed by atoms with E-state index in [0.29, 0.717) is 0 Å². The van der Waals surface area contributed by atoms with Gasteiger partial charge in [-0.3, -0.25) is 0 Å². The van der Waals surface area contributed by atoms with Crippen LogP contribution in [0, 0.1) is 0 Å². The Balaban J connectivity index is 2.33. The first-order chi connectivity index (χ1) is 9.10. The van der Waals surface area contributed by atoms with Crippen LogP contribution in [0.5, 0.6) is 11.5 Å². The molecule has 0 fully saturated rings. The Labute approximate surface area is 137 Å². The summed E-state index contributed by atoms with van der Waals surface area (Å²) in [6, 6.07) is 11.9. The average molecular weight is 450 g/mol. The van der Waals surface area contributed by atoms with Crippen LogP contribution in [0.25, 0.3) is 0 Å². The van der Waals surface area contributed by atoms with Crippen molar-refractivity contribution in [3.05, 3.63) is 55.4 Å². The smallest absolute Gasteiger partial charge is 0.141 e. The fourth-order valence-electron chi connectivity index (χ4n) is 1.64. The molecule has 0 aliphatic carbocycles. The molecule has 0 atom stereocenters. The van der Waals surface area contributed by atoms with E-state index in [9.17, 15) is 0 Å². The number of hydrogen-bond donors (Lipinski definition) is 1. The van der Waals surface area contributed by atoms with E-state index in [1.54, 1.807) is 0 Å². The van der Waals surface area contributed by atoms with Gasteiger partial charge in [0.25, 0.3) is 0 Å². The number of rotatable bonds is 4. The second kappa shape index (κ2) is 6.88. The molecule has 2 nitrogen and oxygen atoms in total. The molecule has 0 bridgehead atoms. The van der Waals surface area contributed by atoms with E-state index >= 15 is 0 Å². The van der Waals surface area contributed by atoms with E-state index in [-0.39, 0.29) is 0 Å². The fourth-order valence-corrected chi connectivity index (χ4v) is 3.10. The molecule has 100 valence electrons. The van der Waals surface area contributed by atoms with Crippen LogP contribution in [0.15, 0.2) is 49.8 Å². The van der Waals surface area contributed by atoms with Crippen molar-refractivity contribution < 1.29 is 4.74 Å². The Morgan fingerprint density at radius 2 is 1.63 bits per heavy atom. The van der Waals surface area contributed by atoms with Gasteiger partial charge in [0.1, 0.15) is 11.5 Å². The van der Waals surface area contributed by atoms with Gasteiger partial charge < -0.3 is 10.1 Å². The maximum absolute atomic E-state index is 5.99. The molecular formula is C14H12Br3NO. The van der Waals surface area contributed by atoms with E-state index in [4.69, 9.17) is 4.74 Å². The molecule has 1 N–H and O–H groups in total. The highest BCUT2D eigenvalue weighted by Gasteiger charge is 2.08. The summed E-state index contributed by atoms with van der Waals surface area (Å²) in [5, 5.41) is 3.14. The first-order valence-corrected chi connectivity index (χ1v) is 8.04. The minimum atomic E-state index is 0.761. The van der Waals surface area contributed by atoms with Gasteiger partial charge in [-0.05, 0) is 53.3 Å². The molecular weight excluding hydrogens is 438 g/mol. The zero-order valence-corrected chi connectivity index (χ0v) is 15.0. The molecule has 2 aromatic carbocycles. The van der Waals surface area contributed by atoms with Crippen LogP contribution in [-0.4, -0.2) is 7.05 Å². The number of ether oxygens (including phenoxy) is 1. The van der Waals surface area contributed by atoms with Crippen molar-refractivity contribution in [3.8, 4) is 11.5 Å². The largest absolute Gasteiger partial charge is 0.456 e. The fraction of sp³-hybridized carbons (Fsp3) is 0.143. The van der Waals surface area contributed by atoms with Crippen LogP contribution in [0.2, 0.25) is 0 Å². The van der Waals surface area contributed by atoms with Crippen molar-refractivity contribution in [1.82, 2.24) is 5.32 Å². The lowest BCUT2D eigenvalue weighted by molar-refractivity contribution is 0.471. The molecule has 0 saturated carbocycles. The third-order valence-corrected chi connectivity index (χ3v) is 4.12. The molecule has 0 aromatic heterocycles. The second-order valence-electron chi connectivity index (χ2n) is 3.96. The summed E-state index contributed by atoms with van der Waals surface area (Å²) in [7, 11) is 1.92. The first-order valence-electron chi connectivity index (χ1n) is 5.66. The van der Waals surface area contributed by atoms with Crippen LogP contribution in [-0.2, 0) is 6.54 Å². The summed E-state index contributed by atoms with van der Waals surface area (Å²) in [5.41, 5.74) is 1.11. The van der Waals surface area contributed by atoms with Crippen LogP contribution in [0.3, 0.4) is 0 Å². The Bertz CT molecular complexity index is 587. The molecule has 0 unspecified atom stereocenters. The van der Waals surface area contributed by atoms with Gasteiger partial charge in [0.15, 0.2) is 0 Å². The quantitative estimate of drug-likeness (QED) is 0.666. The van der Waals surface area contributed by atoms with Crippen LogP contribution in [0.1, 0.15) is 5.56 Å². The van der Waals surface area contributed by atoms with Gasteiger partial charge in [0.05, 0.1) is 4.47 Å². The number of nitrogens with one attached hydrogen (secondary N) is 1. The Hall–Kier alpha value is -0.360. The summed E-state index contributed by atoms with van der Waals surface area (Å²) in [4.78, 5) is 0. The van der Waals surface area contributed by atoms with Gasteiger partial charge in [0.2, 0.25) is 0 Å². The molecule has 19 heavy (non-hydrogen) atoms. The molecule has 0 heterocycles. The van der Waals surface area contributed by atoms with Crippen LogP contribution < -0.4 is 10.1 Å². The highest BCUT2D eigenvalue weighted by Crippen LogP contribution is 2.34. The average Bonchev–Trinajstić information content (AvgIpc) is 2.36. The molecule has 0 saturated heterocycles. The highest BCUT2D eigenvalue weighted by molar-refractivity contribution is 9.11. The van der Waals surface area contributed by atoms with Crippen LogP contribution in [0.4, 0.5) is 0 Å². The lowest BCUT2D eigenvalue weighted by atomic mass is 10.2. The third-order valence-electron chi connectivity index (χ3n) is 2.51. The minimum Gasteiger partial charge on any atom is -0.456 e. The summed E-state index contributed by atoms with van der Waals surface area (Å²) in [5.74, 6) is 1.63. The normalized spacial score (nSPS) is 10.5. The van der Waals surface area contributed by atoms with Gasteiger partial charge in [0, 0.05) is 21.1 Å². The molecule has 0 radical (unpaired) electrons. The zero-order valence-electron chi connectivity index (χ0n) is 10.2. The molecule has 5 heteroatoms. The van der Waals surface area contributed by atoms with Crippen molar-refractivity contribution in [2.45, 2.75) is 6.54 Å². The van der Waals surface area contributed by atoms with Crippen molar-refractivity contribution in [2.24, 2.45) is 0 Å². The van der Waals surface area contributed by atoms with Crippen molar-refractivity contribution in [1.29, 1.82) is 0 Å². The summed E-state index contributed by atoms with van der Waals surface area (Å²) >= 11 is 10.4. The SMILES string of the molecule is CNCc1ccc(Br)cc1Oc1ccc(Br)cc1Br. The van der Waals surface area contributed by atoms with Gasteiger partial charge in [-0.1, -0.05) is 37.9 Å². The van der Waals surface area contributed by atoms with E-state index in [0.717, 1.165) is 37.0 Å². The Kier molecular flexibility index (Phi) is 5.45. The van der Waals surface area contributed by atoms with Gasteiger partial charge in [-0.15, -0.1) is 0 Å². The van der Waals surface area contributed by atoms with Crippen LogP contribution >= 0.6 is 47.8 Å². The zero-order chi connectivity index (χ0) is 13.8. The lowest BCUT2D eigenvalue weighted by Crippen LogP contribution is -2.06. The van der Waals surface area contributed by atoms with Crippen molar-refractivity contribution in [2.75, 3.05) is 7.05 Å². The molecule has 0 spiro atoms. The monoisotopic (exact) mass is 447 g/mol. The summed E-state index contributed by atoms with van der Waals surface area (Å²) in [6.07, 6.45) is 0. The first kappa shape index (κ1) is 15.0. The minimum absolute atomic E-state index is 0.761. The lowest BCUT2D eigenvalue weighted by Gasteiger charge is -2.13. The van der Waals surface area contributed by atoms with Gasteiger partial charge in [-0.2, -0.15) is 0 Å². The van der Waals surface area contributed by atoms with Gasteiger partial charge in [-0.25, -0.2) is 0 Å². The Morgan fingerprint density at radius 1 is 0.947 bits per heavy atom. The molecule has 0 aliphatic heterocycles.